The number of hydrogen-bond acceptors (Lipinski definition) is 3. The highest BCUT2D eigenvalue weighted by Crippen LogP contribution is 2.25. The first kappa shape index (κ1) is 22.8. The van der Waals surface area contributed by atoms with Gasteiger partial charge in [-0.3, -0.25) is 9.52 Å². The molecule has 0 aliphatic rings. The molecule has 0 aliphatic carbocycles. The highest BCUT2D eigenvalue weighted by Gasteiger charge is 2.21. The fourth-order valence-electron chi connectivity index (χ4n) is 3.24. The number of carbonyl (C=O) groups excluding carboxylic acids is 1. The van der Waals surface area contributed by atoms with Gasteiger partial charge in [0.05, 0.1) is 10.6 Å². The minimum Gasteiger partial charge on any atom is -0.337 e. The predicted molar refractivity (Wildman–Crippen MR) is 125 cm³/mol. The molecule has 0 saturated heterocycles. The first-order valence-electron chi connectivity index (χ1n) is 9.78. The van der Waals surface area contributed by atoms with Crippen LogP contribution in [0.4, 0.5) is 5.69 Å². The monoisotopic (exact) mass is 456 g/mol. The number of carbonyl (C=O) groups is 1. The van der Waals surface area contributed by atoms with Crippen LogP contribution in [0.1, 0.15) is 32.6 Å². The Labute approximate surface area is 188 Å². The van der Waals surface area contributed by atoms with Gasteiger partial charge in [0.15, 0.2) is 0 Å². The summed E-state index contributed by atoms with van der Waals surface area (Å²) < 4.78 is 28.9. The maximum Gasteiger partial charge on any atom is 0.262 e. The topological polar surface area (TPSA) is 66.5 Å². The van der Waals surface area contributed by atoms with Gasteiger partial charge in [0, 0.05) is 24.2 Å². The zero-order valence-corrected chi connectivity index (χ0v) is 19.5. The van der Waals surface area contributed by atoms with Gasteiger partial charge in [0.2, 0.25) is 0 Å². The molecule has 1 N–H and O–H groups in total. The average Bonchev–Trinajstić information content (AvgIpc) is 2.72. The number of sulfonamides is 1. The molecule has 0 bridgehead atoms. The van der Waals surface area contributed by atoms with Crippen LogP contribution in [0.5, 0.6) is 0 Å². The van der Waals surface area contributed by atoms with Crippen molar-refractivity contribution in [1.29, 1.82) is 0 Å². The number of rotatable bonds is 6. The molecule has 1 amide bonds. The molecule has 5 nitrogen and oxygen atoms in total. The number of halogens is 1. The van der Waals surface area contributed by atoms with Crippen LogP contribution in [0.3, 0.4) is 0 Å². The molecule has 162 valence electrons. The molecular weight excluding hydrogens is 432 g/mol. The smallest absolute Gasteiger partial charge is 0.262 e. The third kappa shape index (κ3) is 5.27. The van der Waals surface area contributed by atoms with Crippen molar-refractivity contribution >= 4 is 33.2 Å². The summed E-state index contributed by atoms with van der Waals surface area (Å²) in [6.45, 7) is 5.88. The van der Waals surface area contributed by atoms with Crippen LogP contribution in [0.2, 0.25) is 5.02 Å². The number of amides is 1. The number of nitrogens with one attached hydrogen (secondary N) is 1. The Morgan fingerprint density at radius 3 is 2.32 bits per heavy atom. The second-order valence-corrected chi connectivity index (χ2v) is 9.71. The zero-order valence-electron chi connectivity index (χ0n) is 17.9. The van der Waals surface area contributed by atoms with Crippen molar-refractivity contribution in [2.24, 2.45) is 0 Å². The van der Waals surface area contributed by atoms with Crippen LogP contribution in [0, 0.1) is 20.8 Å². The van der Waals surface area contributed by atoms with Crippen molar-refractivity contribution in [3.8, 4) is 0 Å². The van der Waals surface area contributed by atoms with Crippen molar-refractivity contribution < 1.29 is 13.2 Å². The third-order valence-corrected chi connectivity index (χ3v) is 7.01. The summed E-state index contributed by atoms with van der Waals surface area (Å²) in [4.78, 5) is 14.6. The van der Waals surface area contributed by atoms with Gasteiger partial charge >= 0.3 is 0 Å². The molecular formula is C24H25ClN2O3S. The Bertz CT molecular complexity index is 1220. The highest BCUT2D eigenvalue weighted by molar-refractivity contribution is 7.92. The van der Waals surface area contributed by atoms with Crippen LogP contribution in [-0.2, 0) is 16.6 Å². The zero-order chi connectivity index (χ0) is 22.8. The normalized spacial score (nSPS) is 11.3. The number of hydrogen-bond donors (Lipinski definition) is 1. The number of benzene rings is 3. The lowest BCUT2D eigenvalue weighted by Crippen LogP contribution is -2.26. The number of nitrogens with zero attached hydrogens (tertiary/aromatic N) is 1. The molecule has 0 atom stereocenters. The summed E-state index contributed by atoms with van der Waals surface area (Å²) >= 11 is 5.91. The minimum absolute atomic E-state index is 0.0825. The van der Waals surface area contributed by atoms with E-state index >= 15 is 0 Å². The molecule has 0 saturated carbocycles. The van der Waals surface area contributed by atoms with Gasteiger partial charge in [-0.15, -0.1) is 0 Å². The van der Waals surface area contributed by atoms with E-state index in [2.05, 4.69) is 4.72 Å². The van der Waals surface area contributed by atoms with Crippen molar-refractivity contribution in [1.82, 2.24) is 4.90 Å². The Morgan fingerprint density at radius 1 is 0.968 bits per heavy atom. The molecule has 0 spiro atoms. The van der Waals surface area contributed by atoms with Gasteiger partial charge in [-0.1, -0.05) is 41.9 Å². The lowest BCUT2D eigenvalue weighted by molar-refractivity contribution is 0.0785. The van der Waals surface area contributed by atoms with Gasteiger partial charge in [0.1, 0.15) is 0 Å². The molecule has 31 heavy (non-hydrogen) atoms. The van der Waals surface area contributed by atoms with Crippen LogP contribution < -0.4 is 4.72 Å². The molecule has 7 heteroatoms. The summed E-state index contributed by atoms with van der Waals surface area (Å²) in [5.41, 5.74) is 4.18. The largest absolute Gasteiger partial charge is 0.337 e. The molecule has 3 rings (SSSR count). The maximum atomic E-state index is 13.1. The van der Waals surface area contributed by atoms with Gasteiger partial charge in [-0.25, -0.2) is 8.42 Å². The first-order chi connectivity index (χ1) is 14.6. The second-order valence-electron chi connectivity index (χ2n) is 7.62. The second kappa shape index (κ2) is 9.12. The lowest BCUT2D eigenvalue weighted by atomic mass is 10.1. The van der Waals surface area contributed by atoms with E-state index in [9.17, 15) is 13.2 Å². The summed E-state index contributed by atoms with van der Waals surface area (Å²) in [7, 11) is -2.18. The molecule has 0 unspecified atom stereocenters. The van der Waals surface area contributed by atoms with E-state index in [-0.39, 0.29) is 10.8 Å². The van der Waals surface area contributed by atoms with E-state index in [4.69, 9.17) is 11.6 Å². The first-order valence-corrected chi connectivity index (χ1v) is 11.6. The molecule has 0 radical (unpaired) electrons. The van der Waals surface area contributed by atoms with E-state index in [1.54, 1.807) is 55.3 Å². The summed E-state index contributed by atoms with van der Waals surface area (Å²) in [6, 6.07) is 17.4. The van der Waals surface area contributed by atoms with E-state index < -0.39 is 10.0 Å². The van der Waals surface area contributed by atoms with Gasteiger partial charge < -0.3 is 4.90 Å². The maximum absolute atomic E-state index is 13.1. The summed E-state index contributed by atoms with van der Waals surface area (Å²) in [6.07, 6.45) is 0. The standard InChI is InChI=1S/C24H25ClN2O3S/c1-16-6-5-7-22(18(16)3)26-31(29,30)23-14-20(11-8-17(23)2)24(28)27(4)15-19-9-12-21(25)13-10-19/h5-14,26H,15H2,1-4H3. The third-order valence-electron chi connectivity index (χ3n) is 5.25. The van der Waals surface area contributed by atoms with Crippen LogP contribution in [-0.4, -0.2) is 26.3 Å². The molecule has 0 fully saturated rings. The number of aryl methyl sites for hydroxylation is 2. The Morgan fingerprint density at radius 2 is 1.65 bits per heavy atom. The molecule has 3 aromatic carbocycles. The van der Waals surface area contributed by atoms with E-state index in [1.165, 1.54) is 6.07 Å². The molecule has 3 aromatic rings. The van der Waals surface area contributed by atoms with Crippen molar-refractivity contribution in [2.45, 2.75) is 32.2 Å². The van der Waals surface area contributed by atoms with Gasteiger partial charge in [-0.05, 0) is 73.4 Å². The quantitative estimate of drug-likeness (QED) is 0.544. The summed E-state index contributed by atoms with van der Waals surface area (Å²) in [5, 5.41) is 0.627. The van der Waals surface area contributed by atoms with Gasteiger partial charge in [0.25, 0.3) is 15.9 Å². The predicted octanol–water partition coefficient (Wildman–Crippen LogP) is 5.34. The molecule has 0 aromatic heterocycles. The van der Waals surface area contributed by atoms with E-state index in [0.29, 0.717) is 28.4 Å². The molecule has 0 heterocycles. The molecule has 0 aliphatic heterocycles. The SMILES string of the molecule is Cc1ccc(C(=O)N(C)Cc2ccc(Cl)cc2)cc1S(=O)(=O)Nc1cccc(C)c1C. The highest BCUT2D eigenvalue weighted by atomic mass is 35.5. The Balaban J connectivity index is 1.87. The fourth-order valence-corrected chi connectivity index (χ4v) is 4.76. The van der Waals surface area contributed by atoms with Crippen LogP contribution in [0.15, 0.2) is 65.6 Å². The van der Waals surface area contributed by atoms with E-state index in [0.717, 1.165) is 16.7 Å². The van der Waals surface area contributed by atoms with Crippen molar-refractivity contribution in [2.75, 3.05) is 11.8 Å². The fraction of sp³-hybridized carbons (Fsp3) is 0.208. The number of anilines is 1. The summed E-state index contributed by atoms with van der Waals surface area (Å²) in [5.74, 6) is -0.266. The van der Waals surface area contributed by atoms with Gasteiger partial charge in [-0.2, -0.15) is 0 Å². The van der Waals surface area contributed by atoms with E-state index in [1.807, 2.05) is 32.0 Å². The minimum atomic E-state index is -3.86. The Kier molecular flexibility index (Phi) is 6.72. The van der Waals surface area contributed by atoms with Crippen molar-refractivity contribution in [3.63, 3.8) is 0 Å². The Hall–Kier alpha value is -2.83. The average molecular weight is 457 g/mol. The van der Waals surface area contributed by atoms with Crippen molar-refractivity contribution in [3.05, 3.63) is 93.5 Å². The lowest BCUT2D eigenvalue weighted by Gasteiger charge is -2.19. The van der Waals surface area contributed by atoms with Crippen LogP contribution in [0.25, 0.3) is 0 Å². The van der Waals surface area contributed by atoms with Crippen LogP contribution >= 0.6 is 11.6 Å².